The monoisotopic (exact) mass is 238 g/mol. The molecule has 0 aliphatic carbocycles. The minimum absolute atomic E-state index is 0.389. The van der Waals surface area contributed by atoms with Crippen molar-refractivity contribution in [1.82, 2.24) is 10.3 Å². The van der Waals surface area contributed by atoms with Crippen molar-refractivity contribution in [3.05, 3.63) is 41.2 Å². The third kappa shape index (κ3) is 4.79. The fourth-order valence-corrected chi connectivity index (χ4v) is 1.08. The van der Waals surface area contributed by atoms with E-state index in [-0.39, 0.29) is 0 Å². The first-order valence-corrected chi connectivity index (χ1v) is 5.24. The van der Waals surface area contributed by atoms with Crippen LogP contribution in [0.25, 0.3) is 0 Å². The predicted octanol–water partition coefficient (Wildman–Crippen LogP) is 1.72. The van der Waals surface area contributed by atoms with Crippen molar-refractivity contribution in [2.24, 2.45) is 10.7 Å². The number of nitrogens with one attached hydrogen (secondary N) is 1. The average molecular weight is 239 g/mol. The number of hydrogen-bond acceptors (Lipinski definition) is 2. The molecule has 0 saturated carbocycles. The first-order chi connectivity index (χ1) is 7.58. The van der Waals surface area contributed by atoms with E-state index in [0.29, 0.717) is 24.1 Å². The number of nitrogens with two attached hydrogens (primary N) is 1. The highest BCUT2D eigenvalue weighted by Gasteiger charge is 1.95. The molecule has 0 radical (unpaired) electrons. The molecular formula is C11H15ClN4. The van der Waals surface area contributed by atoms with Gasteiger partial charge in [-0.3, -0.25) is 4.98 Å². The van der Waals surface area contributed by atoms with Crippen LogP contribution in [0.5, 0.6) is 0 Å². The normalized spacial score (nSPS) is 11.2. The smallest absolute Gasteiger partial charge is 0.189 e. The van der Waals surface area contributed by atoms with E-state index in [9.17, 15) is 0 Å². The summed E-state index contributed by atoms with van der Waals surface area (Å²) < 4.78 is 0. The van der Waals surface area contributed by atoms with Crippen molar-refractivity contribution in [2.45, 2.75) is 13.5 Å². The summed E-state index contributed by atoms with van der Waals surface area (Å²) in [4.78, 5) is 8.24. The van der Waals surface area contributed by atoms with E-state index in [0.717, 1.165) is 11.3 Å². The van der Waals surface area contributed by atoms with Crippen molar-refractivity contribution in [3.63, 3.8) is 0 Å². The Bertz CT molecular complexity index is 383. The van der Waals surface area contributed by atoms with Crippen LogP contribution in [-0.2, 0) is 6.54 Å². The summed E-state index contributed by atoms with van der Waals surface area (Å²) in [6.07, 6.45) is 1.59. The van der Waals surface area contributed by atoms with Crippen LogP contribution in [0, 0.1) is 0 Å². The van der Waals surface area contributed by atoms with Crippen LogP contribution in [0.3, 0.4) is 0 Å². The molecule has 0 aliphatic rings. The molecule has 1 aromatic rings. The second kappa shape index (κ2) is 6.12. The molecule has 0 amide bonds. The van der Waals surface area contributed by atoms with Gasteiger partial charge in [-0.25, -0.2) is 4.99 Å². The van der Waals surface area contributed by atoms with Crippen molar-refractivity contribution in [1.29, 1.82) is 0 Å². The Labute approximate surface area is 100 Å². The Morgan fingerprint density at radius 2 is 2.38 bits per heavy atom. The van der Waals surface area contributed by atoms with Gasteiger partial charge >= 0.3 is 0 Å². The zero-order chi connectivity index (χ0) is 12.0. The number of hydrogen-bond donors (Lipinski definition) is 2. The first kappa shape index (κ1) is 12.5. The summed E-state index contributed by atoms with van der Waals surface area (Å²) in [6, 6.07) is 3.59. The lowest BCUT2D eigenvalue weighted by Gasteiger charge is -2.04. The van der Waals surface area contributed by atoms with Crippen molar-refractivity contribution < 1.29 is 0 Å². The van der Waals surface area contributed by atoms with Crippen LogP contribution in [0.2, 0.25) is 5.02 Å². The topological polar surface area (TPSA) is 63.3 Å². The summed E-state index contributed by atoms with van der Waals surface area (Å²) in [5.74, 6) is 0.389. The van der Waals surface area contributed by atoms with E-state index in [2.05, 4.69) is 21.9 Å². The van der Waals surface area contributed by atoms with Crippen LogP contribution in [0.15, 0.2) is 35.5 Å². The first-order valence-electron chi connectivity index (χ1n) is 4.86. The molecule has 1 heterocycles. The third-order valence-electron chi connectivity index (χ3n) is 1.77. The molecule has 0 unspecified atom stereocenters. The highest BCUT2D eigenvalue weighted by atomic mass is 35.5. The molecule has 5 heteroatoms. The number of nitrogens with zero attached hydrogens (tertiary/aromatic N) is 2. The van der Waals surface area contributed by atoms with Crippen LogP contribution in [0.4, 0.5) is 0 Å². The van der Waals surface area contributed by atoms with Crippen LogP contribution in [-0.4, -0.2) is 17.5 Å². The van der Waals surface area contributed by atoms with Gasteiger partial charge in [-0.2, -0.15) is 0 Å². The zero-order valence-corrected chi connectivity index (χ0v) is 9.96. The summed E-state index contributed by atoms with van der Waals surface area (Å²) >= 11 is 5.71. The van der Waals surface area contributed by atoms with Crippen LogP contribution in [0.1, 0.15) is 12.6 Å². The maximum absolute atomic E-state index is 5.71. The van der Waals surface area contributed by atoms with Crippen molar-refractivity contribution in [3.8, 4) is 0 Å². The summed E-state index contributed by atoms with van der Waals surface area (Å²) in [7, 11) is 0. The average Bonchev–Trinajstić information content (AvgIpc) is 2.25. The molecule has 4 nitrogen and oxygen atoms in total. The zero-order valence-electron chi connectivity index (χ0n) is 9.20. The number of rotatable bonds is 4. The molecule has 0 saturated heterocycles. The highest BCUT2D eigenvalue weighted by Crippen LogP contribution is 2.06. The van der Waals surface area contributed by atoms with Crippen LogP contribution >= 0.6 is 11.6 Å². The molecule has 0 aliphatic heterocycles. The quantitative estimate of drug-likeness (QED) is 0.477. The minimum atomic E-state index is 0.389. The van der Waals surface area contributed by atoms with Crippen molar-refractivity contribution >= 4 is 17.6 Å². The standard InChI is InChI=1S/C11H15ClN4/c1-8(2)5-15-11(13)16-7-10-4-3-9(12)6-14-10/h3-4,6H,1,5,7H2,2H3,(H3,13,15,16). The lowest BCUT2D eigenvalue weighted by atomic mass is 10.3. The highest BCUT2D eigenvalue weighted by molar-refractivity contribution is 6.30. The van der Waals surface area contributed by atoms with Gasteiger partial charge in [-0.05, 0) is 19.1 Å². The Morgan fingerprint density at radius 1 is 1.62 bits per heavy atom. The van der Waals surface area contributed by atoms with Gasteiger partial charge in [-0.1, -0.05) is 23.8 Å². The summed E-state index contributed by atoms with van der Waals surface area (Å²) in [5, 5.41) is 3.55. The maximum atomic E-state index is 5.71. The van der Waals surface area contributed by atoms with Gasteiger partial charge in [0.1, 0.15) is 0 Å². The Hall–Kier alpha value is -1.55. The number of guanidine groups is 1. The second-order valence-corrected chi connectivity index (χ2v) is 3.92. The summed E-state index contributed by atoms with van der Waals surface area (Å²) in [5.41, 5.74) is 7.47. The van der Waals surface area contributed by atoms with Gasteiger partial charge < -0.3 is 11.1 Å². The van der Waals surface area contributed by atoms with E-state index < -0.39 is 0 Å². The SMILES string of the molecule is C=C(C)CNC(N)=NCc1ccc(Cl)cn1. The molecule has 3 N–H and O–H groups in total. The number of aliphatic imine (C=N–C) groups is 1. The van der Waals surface area contributed by atoms with Gasteiger partial charge in [0.25, 0.3) is 0 Å². The second-order valence-electron chi connectivity index (χ2n) is 3.48. The molecule has 1 aromatic heterocycles. The van der Waals surface area contributed by atoms with Gasteiger partial charge in [0.15, 0.2) is 5.96 Å². The van der Waals surface area contributed by atoms with E-state index in [1.165, 1.54) is 0 Å². The molecule has 0 fully saturated rings. The van der Waals surface area contributed by atoms with Gasteiger partial charge in [0.05, 0.1) is 17.3 Å². The Morgan fingerprint density at radius 3 is 2.94 bits per heavy atom. The molecule has 0 spiro atoms. The molecular weight excluding hydrogens is 224 g/mol. The maximum Gasteiger partial charge on any atom is 0.189 e. The van der Waals surface area contributed by atoms with E-state index in [1.807, 2.05) is 13.0 Å². The van der Waals surface area contributed by atoms with E-state index in [1.54, 1.807) is 12.3 Å². The lowest BCUT2D eigenvalue weighted by molar-refractivity contribution is 0.922. The molecule has 0 atom stereocenters. The van der Waals surface area contributed by atoms with Gasteiger partial charge in [-0.15, -0.1) is 0 Å². The number of aromatic nitrogens is 1. The fraction of sp³-hybridized carbons (Fsp3) is 0.273. The number of pyridine rings is 1. The summed E-state index contributed by atoms with van der Waals surface area (Å²) in [6.45, 7) is 6.74. The largest absolute Gasteiger partial charge is 0.370 e. The lowest BCUT2D eigenvalue weighted by Crippen LogP contribution is -2.32. The minimum Gasteiger partial charge on any atom is -0.370 e. The number of halogens is 1. The van der Waals surface area contributed by atoms with Gasteiger partial charge in [0.2, 0.25) is 0 Å². The molecule has 16 heavy (non-hydrogen) atoms. The van der Waals surface area contributed by atoms with E-state index in [4.69, 9.17) is 17.3 Å². The van der Waals surface area contributed by atoms with E-state index >= 15 is 0 Å². The van der Waals surface area contributed by atoms with Crippen LogP contribution < -0.4 is 11.1 Å². The fourth-order valence-electron chi connectivity index (χ4n) is 0.963. The molecule has 0 aromatic carbocycles. The predicted molar refractivity (Wildman–Crippen MR) is 67.4 cm³/mol. The van der Waals surface area contributed by atoms with Gasteiger partial charge in [0, 0.05) is 12.7 Å². The molecule has 0 bridgehead atoms. The van der Waals surface area contributed by atoms with Crippen molar-refractivity contribution in [2.75, 3.05) is 6.54 Å². The molecule has 86 valence electrons. The third-order valence-corrected chi connectivity index (χ3v) is 1.99. The Balaban J connectivity index is 2.45. The Kier molecular flexibility index (Phi) is 4.79. The molecule has 1 rings (SSSR count).